The van der Waals surface area contributed by atoms with Gasteiger partial charge in [0.1, 0.15) is 0 Å². The fraction of sp³-hybridized carbons (Fsp3) is 1.00. The van der Waals surface area contributed by atoms with E-state index in [1.54, 1.807) is 0 Å². The highest BCUT2D eigenvalue weighted by atomic mass is 32.2. The Kier molecular flexibility index (Phi) is 4.10. The first-order chi connectivity index (χ1) is 7.98. The summed E-state index contributed by atoms with van der Waals surface area (Å²) in [5, 5.41) is 3.43. The van der Waals surface area contributed by atoms with E-state index in [-0.39, 0.29) is 0 Å². The van der Waals surface area contributed by atoms with Crippen LogP contribution in [0.5, 0.6) is 0 Å². The Hall–Kier alpha value is -0.130. The zero-order chi connectivity index (χ0) is 12.5. The molecule has 0 aromatic carbocycles. The van der Waals surface area contributed by atoms with Crippen molar-refractivity contribution in [3.05, 3.63) is 0 Å². The van der Waals surface area contributed by atoms with Gasteiger partial charge in [0.2, 0.25) is 0 Å². The fourth-order valence-corrected chi connectivity index (χ4v) is 4.85. The molecule has 5 heteroatoms. The van der Waals surface area contributed by atoms with Crippen LogP contribution in [0, 0.1) is 11.8 Å². The quantitative estimate of drug-likeness (QED) is 0.795. The van der Waals surface area contributed by atoms with Gasteiger partial charge in [-0.3, -0.25) is 4.90 Å². The van der Waals surface area contributed by atoms with Gasteiger partial charge < -0.3 is 5.32 Å². The molecule has 0 amide bonds. The number of rotatable bonds is 3. The Morgan fingerprint density at radius 1 is 1.41 bits per heavy atom. The maximum absolute atomic E-state index is 11.5. The largest absolute Gasteiger partial charge is 0.314 e. The van der Waals surface area contributed by atoms with Crippen molar-refractivity contribution in [2.45, 2.75) is 26.3 Å². The van der Waals surface area contributed by atoms with E-state index < -0.39 is 9.84 Å². The molecule has 2 fully saturated rings. The minimum Gasteiger partial charge on any atom is -0.314 e. The molecule has 2 atom stereocenters. The maximum atomic E-state index is 11.5. The van der Waals surface area contributed by atoms with Crippen molar-refractivity contribution in [1.82, 2.24) is 10.2 Å². The molecule has 100 valence electrons. The summed E-state index contributed by atoms with van der Waals surface area (Å²) < 4.78 is 22.9. The molecule has 0 bridgehead atoms. The smallest absolute Gasteiger partial charge is 0.150 e. The lowest BCUT2D eigenvalue weighted by molar-refractivity contribution is 0.109. The molecule has 1 N–H and O–H groups in total. The molecule has 0 radical (unpaired) electrons. The monoisotopic (exact) mass is 260 g/mol. The van der Waals surface area contributed by atoms with Crippen LogP contribution in [0.1, 0.15) is 20.3 Å². The second-order valence-corrected chi connectivity index (χ2v) is 8.01. The molecule has 0 aromatic rings. The van der Waals surface area contributed by atoms with Gasteiger partial charge >= 0.3 is 0 Å². The molecular weight excluding hydrogens is 236 g/mol. The molecule has 0 saturated carbocycles. The van der Waals surface area contributed by atoms with Crippen LogP contribution in [-0.4, -0.2) is 57.0 Å². The molecule has 2 saturated heterocycles. The summed E-state index contributed by atoms with van der Waals surface area (Å²) in [6.45, 7) is 8.58. The third kappa shape index (κ3) is 3.42. The van der Waals surface area contributed by atoms with E-state index in [2.05, 4.69) is 24.1 Å². The SMILES string of the molecule is CC(C)C1CNCCN1CC1CCS(=O)(=O)C1. The van der Waals surface area contributed by atoms with Crippen molar-refractivity contribution in [2.75, 3.05) is 37.7 Å². The van der Waals surface area contributed by atoms with Gasteiger partial charge in [-0.25, -0.2) is 8.42 Å². The molecule has 2 aliphatic rings. The third-order valence-electron chi connectivity index (χ3n) is 3.99. The summed E-state index contributed by atoms with van der Waals surface area (Å²) in [5.41, 5.74) is 0. The van der Waals surface area contributed by atoms with Crippen LogP contribution in [0.4, 0.5) is 0 Å². The van der Waals surface area contributed by atoms with Crippen molar-refractivity contribution in [1.29, 1.82) is 0 Å². The number of nitrogens with one attached hydrogen (secondary N) is 1. The summed E-state index contributed by atoms with van der Waals surface area (Å²) in [4.78, 5) is 2.49. The lowest BCUT2D eigenvalue weighted by atomic mass is 9.98. The Morgan fingerprint density at radius 2 is 2.18 bits per heavy atom. The van der Waals surface area contributed by atoms with E-state index in [1.807, 2.05) is 0 Å². The van der Waals surface area contributed by atoms with Gasteiger partial charge in [0, 0.05) is 32.2 Å². The van der Waals surface area contributed by atoms with Crippen molar-refractivity contribution in [2.24, 2.45) is 11.8 Å². The van der Waals surface area contributed by atoms with Gasteiger partial charge in [0.25, 0.3) is 0 Å². The first-order valence-corrected chi connectivity index (χ1v) is 8.45. The Bertz CT molecular complexity index is 354. The predicted octanol–water partition coefficient (Wildman–Crippen LogP) is 0.351. The first kappa shape index (κ1) is 13.3. The maximum Gasteiger partial charge on any atom is 0.150 e. The van der Waals surface area contributed by atoms with E-state index in [4.69, 9.17) is 0 Å². The van der Waals surface area contributed by atoms with Crippen LogP contribution in [-0.2, 0) is 9.84 Å². The zero-order valence-electron chi connectivity index (χ0n) is 10.9. The highest BCUT2D eigenvalue weighted by Gasteiger charge is 2.32. The van der Waals surface area contributed by atoms with Crippen molar-refractivity contribution >= 4 is 9.84 Å². The molecule has 0 spiro atoms. The highest BCUT2D eigenvalue weighted by Crippen LogP contribution is 2.22. The average molecular weight is 260 g/mol. The lowest BCUT2D eigenvalue weighted by Crippen LogP contribution is -2.54. The molecule has 2 aliphatic heterocycles. The van der Waals surface area contributed by atoms with Gasteiger partial charge in [0.15, 0.2) is 9.84 Å². The second-order valence-electron chi connectivity index (χ2n) is 5.78. The van der Waals surface area contributed by atoms with E-state index in [1.165, 1.54) is 0 Å². The highest BCUT2D eigenvalue weighted by molar-refractivity contribution is 7.91. The van der Waals surface area contributed by atoms with Gasteiger partial charge in [-0.15, -0.1) is 0 Å². The summed E-state index contributed by atoms with van der Waals surface area (Å²) in [7, 11) is -2.73. The van der Waals surface area contributed by atoms with Crippen molar-refractivity contribution in [3.63, 3.8) is 0 Å². The summed E-state index contributed by atoms with van der Waals surface area (Å²) in [5.74, 6) is 1.79. The van der Waals surface area contributed by atoms with Crippen LogP contribution in [0.15, 0.2) is 0 Å². The Balaban J connectivity index is 1.93. The van der Waals surface area contributed by atoms with E-state index in [9.17, 15) is 8.42 Å². The Labute approximate surface area is 105 Å². The van der Waals surface area contributed by atoms with E-state index >= 15 is 0 Å². The zero-order valence-corrected chi connectivity index (χ0v) is 11.7. The van der Waals surface area contributed by atoms with Gasteiger partial charge in [-0.2, -0.15) is 0 Å². The normalized spacial score (nSPS) is 34.3. The van der Waals surface area contributed by atoms with E-state index in [0.717, 1.165) is 32.6 Å². The van der Waals surface area contributed by atoms with Gasteiger partial charge in [-0.1, -0.05) is 13.8 Å². The molecule has 2 heterocycles. The number of hydrogen-bond donors (Lipinski definition) is 1. The molecule has 0 aromatic heterocycles. The molecule has 2 rings (SSSR count). The van der Waals surface area contributed by atoms with Crippen molar-refractivity contribution < 1.29 is 8.42 Å². The topological polar surface area (TPSA) is 49.4 Å². The van der Waals surface area contributed by atoms with Crippen LogP contribution >= 0.6 is 0 Å². The summed E-state index contributed by atoms with van der Waals surface area (Å²) in [6.07, 6.45) is 0.858. The van der Waals surface area contributed by atoms with Gasteiger partial charge in [-0.05, 0) is 18.3 Å². The van der Waals surface area contributed by atoms with Gasteiger partial charge in [0.05, 0.1) is 11.5 Å². The minimum atomic E-state index is -2.73. The molecule has 17 heavy (non-hydrogen) atoms. The van der Waals surface area contributed by atoms with Crippen LogP contribution in [0.3, 0.4) is 0 Å². The number of nitrogens with zero attached hydrogens (tertiary/aromatic N) is 1. The third-order valence-corrected chi connectivity index (χ3v) is 5.82. The Morgan fingerprint density at radius 3 is 2.76 bits per heavy atom. The lowest BCUT2D eigenvalue weighted by Gasteiger charge is -2.39. The standard InChI is InChI=1S/C12H24N2O2S/c1-10(2)12-7-13-4-5-14(12)8-11-3-6-17(15,16)9-11/h10-13H,3-9H2,1-2H3. The van der Waals surface area contributed by atoms with Crippen molar-refractivity contribution in [3.8, 4) is 0 Å². The molecule has 0 aliphatic carbocycles. The second kappa shape index (κ2) is 5.24. The molecular formula is C12H24N2O2S. The first-order valence-electron chi connectivity index (χ1n) is 6.63. The summed E-state index contributed by atoms with van der Waals surface area (Å²) in [6, 6.07) is 0.562. The molecule has 2 unspecified atom stereocenters. The average Bonchev–Trinajstić information content (AvgIpc) is 2.58. The minimum absolute atomic E-state index is 0.361. The number of sulfone groups is 1. The van der Waals surface area contributed by atoms with Crippen LogP contribution in [0.2, 0.25) is 0 Å². The fourth-order valence-electron chi connectivity index (χ4n) is 3.00. The van der Waals surface area contributed by atoms with E-state index in [0.29, 0.717) is 29.4 Å². The molecule has 4 nitrogen and oxygen atoms in total. The van der Waals surface area contributed by atoms with Crippen LogP contribution < -0.4 is 5.32 Å². The number of piperazine rings is 1. The van der Waals surface area contributed by atoms with Crippen LogP contribution in [0.25, 0.3) is 0 Å². The predicted molar refractivity (Wildman–Crippen MR) is 69.8 cm³/mol. The summed E-state index contributed by atoms with van der Waals surface area (Å²) >= 11 is 0. The number of hydrogen-bond acceptors (Lipinski definition) is 4.